The highest BCUT2D eigenvalue weighted by molar-refractivity contribution is 5.67. The lowest BCUT2D eigenvalue weighted by atomic mass is 9.98. The molecule has 0 bridgehead atoms. The summed E-state index contributed by atoms with van der Waals surface area (Å²) in [6.45, 7) is 7.04. The number of rotatable bonds is 6. The normalized spacial score (nSPS) is 12.7. The van der Waals surface area contributed by atoms with Gasteiger partial charge in [-0.15, -0.1) is 0 Å². The fourth-order valence-electron chi connectivity index (χ4n) is 1.84. The van der Waals surface area contributed by atoms with E-state index in [4.69, 9.17) is 5.11 Å². The Kier molecular flexibility index (Phi) is 5.16. The molecule has 0 saturated carbocycles. The van der Waals surface area contributed by atoms with Crippen LogP contribution < -0.4 is 5.32 Å². The van der Waals surface area contributed by atoms with Crippen LogP contribution in [0.25, 0.3) is 0 Å². The van der Waals surface area contributed by atoms with Gasteiger partial charge in [0.1, 0.15) is 0 Å². The van der Waals surface area contributed by atoms with Crippen LogP contribution >= 0.6 is 0 Å². The van der Waals surface area contributed by atoms with Crippen LogP contribution in [0.1, 0.15) is 50.3 Å². The quantitative estimate of drug-likeness (QED) is 0.797. The van der Waals surface area contributed by atoms with Crippen molar-refractivity contribution in [3.8, 4) is 0 Å². The fraction of sp³-hybridized carbons (Fsp3) is 0.500. The summed E-state index contributed by atoms with van der Waals surface area (Å²) in [6, 6.07) is 8.09. The van der Waals surface area contributed by atoms with Gasteiger partial charge in [0.25, 0.3) is 0 Å². The Labute approximate surface area is 103 Å². The summed E-state index contributed by atoms with van der Waals surface area (Å²) in [6.07, 6.45) is 0.120. The minimum absolute atomic E-state index is 0.0984. The zero-order valence-corrected chi connectivity index (χ0v) is 10.7. The first-order chi connectivity index (χ1) is 8.04. The van der Waals surface area contributed by atoms with E-state index in [-0.39, 0.29) is 12.5 Å². The second kappa shape index (κ2) is 6.40. The first-order valence-electron chi connectivity index (χ1n) is 6.09. The highest BCUT2D eigenvalue weighted by Gasteiger charge is 2.14. The molecule has 0 aliphatic carbocycles. The molecular formula is C14H21NO2. The monoisotopic (exact) mass is 235 g/mol. The van der Waals surface area contributed by atoms with Crippen LogP contribution in [-0.2, 0) is 4.79 Å². The molecule has 0 radical (unpaired) electrons. The summed E-state index contributed by atoms with van der Waals surface area (Å²) in [5, 5.41) is 12.1. The lowest BCUT2D eigenvalue weighted by Crippen LogP contribution is -2.23. The van der Waals surface area contributed by atoms with Crippen LogP contribution in [0.5, 0.6) is 0 Å². The summed E-state index contributed by atoms with van der Waals surface area (Å²) < 4.78 is 0. The Morgan fingerprint density at radius 1 is 1.24 bits per heavy atom. The third-order valence-corrected chi connectivity index (χ3v) is 2.83. The molecule has 1 rings (SSSR count). The largest absolute Gasteiger partial charge is 0.481 e. The second-order valence-corrected chi connectivity index (χ2v) is 4.53. The van der Waals surface area contributed by atoms with Crippen molar-refractivity contribution >= 4 is 5.97 Å². The summed E-state index contributed by atoms with van der Waals surface area (Å²) in [5.41, 5.74) is 2.32. The first kappa shape index (κ1) is 13.7. The number of carbonyl (C=O) groups is 1. The van der Waals surface area contributed by atoms with E-state index in [0.717, 1.165) is 12.1 Å². The molecule has 0 heterocycles. The van der Waals surface area contributed by atoms with Gasteiger partial charge in [0.2, 0.25) is 0 Å². The maximum Gasteiger partial charge on any atom is 0.305 e. The molecule has 1 aromatic rings. The average Bonchev–Trinajstić information content (AvgIpc) is 2.28. The third-order valence-electron chi connectivity index (χ3n) is 2.83. The van der Waals surface area contributed by atoms with Crippen molar-refractivity contribution in [3.63, 3.8) is 0 Å². The molecule has 0 aliphatic rings. The number of benzene rings is 1. The van der Waals surface area contributed by atoms with E-state index >= 15 is 0 Å². The van der Waals surface area contributed by atoms with Crippen molar-refractivity contribution in [2.45, 2.75) is 39.2 Å². The van der Waals surface area contributed by atoms with E-state index in [2.05, 4.69) is 31.3 Å². The van der Waals surface area contributed by atoms with Crippen LogP contribution in [0.2, 0.25) is 0 Å². The minimum Gasteiger partial charge on any atom is -0.481 e. The number of nitrogens with one attached hydrogen (secondary N) is 1. The molecule has 2 N–H and O–H groups in total. The summed E-state index contributed by atoms with van der Waals surface area (Å²) in [7, 11) is 0. The van der Waals surface area contributed by atoms with Gasteiger partial charge in [0.15, 0.2) is 0 Å². The second-order valence-electron chi connectivity index (χ2n) is 4.53. The lowest BCUT2D eigenvalue weighted by molar-refractivity contribution is -0.137. The molecule has 1 unspecified atom stereocenters. The molecule has 0 amide bonds. The van der Waals surface area contributed by atoms with E-state index in [0.29, 0.717) is 5.92 Å². The first-order valence-corrected chi connectivity index (χ1v) is 6.09. The zero-order chi connectivity index (χ0) is 12.8. The summed E-state index contributed by atoms with van der Waals surface area (Å²) in [4.78, 5) is 10.8. The van der Waals surface area contributed by atoms with Gasteiger partial charge in [-0.25, -0.2) is 0 Å². The van der Waals surface area contributed by atoms with E-state index in [9.17, 15) is 4.79 Å². The molecule has 0 spiro atoms. The molecular weight excluding hydrogens is 214 g/mol. The fourth-order valence-corrected chi connectivity index (χ4v) is 1.84. The molecule has 17 heavy (non-hydrogen) atoms. The van der Waals surface area contributed by atoms with Crippen molar-refractivity contribution in [3.05, 3.63) is 35.4 Å². The van der Waals surface area contributed by atoms with Gasteiger partial charge in [-0.05, 0) is 23.6 Å². The van der Waals surface area contributed by atoms with Gasteiger partial charge in [0.05, 0.1) is 6.42 Å². The minimum atomic E-state index is -0.774. The van der Waals surface area contributed by atoms with Gasteiger partial charge >= 0.3 is 5.97 Å². The van der Waals surface area contributed by atoms with Gasteiger partial charge in [-0.1, -0.05) is 45.0 Å². The maximum absolute atomic E-state index is 10.8. The van der Waals surface area contributed by atoms with Crippen LogP contribution in [0.4, 0.5) is 0 Å². The van der Waals surface area contributed by atoms with Crippen LogP contribution in [0, 0.1) is 0 Å². The van der Waals surface area contributed by atoms with Crippen LogP contribution in [0.15, 0.2) is 24.3 Å². The molecule has 0 aliphatic heterocycles. The molecule has 0 aromatic heterocycles. The van der Waals surface area contributed by atoms with Gasteiger partial charge in [-0.3, -0.25) is 4.79 Å². The molecule has 1 aromatic carbocycles. The van der Waals surface area contributed by atoms with Gasteiger partial charge in [-0.2, -0.15) is 0 Å². The lowest BCUT2D eigenvalue weighted by Gasteiger charge is -2.17. The van der Waals surface area contributed by atoms with E-state index in [1.165, 1.54) is 5.56 Å². The number of aliphatic carboxylic acids is 1. The van der Waals surface area contributed by atoms with E-state index in [1.807, 2.05) is 19.1 Å². The molecule has 3 nitrogen and oxygen atoms in total. The Bertz CT molecular complexity index is 357. The van der Waals surface area contributed by atoms with Gasteiger partial charge in [0, 0.05) is 6.04 Å². The molecule has 3 heteroatoms. The molecule has 94 valence electrons. The molecule has 1 atom stereocenters. The number of hydrogen-bond donors (Lipinski definition) is 2. The standard InChI is InChI=1S/C14H21NO2/c1-4-15-13(9-14(16)17)12-7-5-11(6-8-12)10(2)3/h5-8,10,13,15H,4,9H2,1-3H3,(H,16,17). The maximum atomic E-state index is 10.8. The summed E-state index contributed by atoms with van der Waals surface area (Å²) >= 11 is 0. The van der Waals surface area contributed by atoms with Crippen molar-refractivity contribution in [1.82, 2.24) is 5.32 Å². The number of carboxylic acids is 1. The third kappa shape index (κ3) is 4.19. The van der Waals surface area contributed by atoms with Crippen molar-refractivity contribution in [2.75, 3.05) is 6.54 Å². The van der Waals surface area contributed by atoms with Crippen LogP contribution in [0.3, 0.4) is 0 Å². The van der Waals surface area contributed by atoms with Crippen molar-refractivity contribution in [1.29, 1.82) is 0 Å². The highest BCUT2D eigenvalue weighted by atomic mass is 16.4. The Morgan fingerprint density at radius 3 is 2.18 bits per heavy atom. The zero-order valence-electron chi connectivity index (χ0n) is 10.7. The Morgan fingerprint density at radius 2 is 1.76 bits per heavy atom. The number of hydrogen-bond acceptors (Lipinski definition) is 2. The van der Waals surface area contributed by atoms with E-state index < -0.39 is 5.97 Å². The van der Waals surface area contributed by atoms with Crippen molar-refractivity contribution < 1.29 is 9.90 Å². The van der Waals surface area contributed by atoms with Crippen molar-refractivity contribution in [2.24, 2.45) is 0 Å². The van der Waals surface area contributed by atoms with Crippen LogP contribution in [-0.4, -0.2) is 17.6 Å². The smallest absolute Gasteiger partial charge is 0.305 e. The topological polar surface area (TPSA) is 49.3 Å². The van der Waals surface area contributed by atoms with Gasteiger partial charge < -0.3 is 10.4 Å². The average molecular weight is 235 g/mol. The highest BCUT2D eigenvalue weighted by Crippen LogP contribution is 2.20. The number of carboxylic acid groups (broad SMARTS) is 1. The molecule has 0 saturated heterocycles. The summed E-state index contributed by atoms with van der Waals surface area (Å²) in [5.74, 6) is -0.273. The Balaban J connectivity index is 2.83. The predicted octanol–water partition coefficient (Wildman–Crippen LogP) is 2.94. The predicted molar refractivity (Wildman–Crippen MR) is 69.2 cm³/mol. The molecule has 0 fully saturated rings. The Hall–Kier alpha value is -1.35. The van der Waals surface area contributed by atoms with E-state index in [1.54, 1.807) is 0 Å². The SMILES string of the molecule is CCNC(CC(=O)O)c1ccc(C(C)C)cc1.